The molecule has 2 amide bonds. The number of hydrogen-bond acceptors (Lipinski definition) is 5. The number of carbonyl (C=O) groups excluding carboxylic acids is 2. The molecule has 0 bridgehead atoms. The zero-order valence-corrected chi connectivity index (χ0v) is 15.6. The molecule has 0 aliphatic carbocycles. The smallest absolute Gasteiger partial charge is 0.254 e. The standard InChI is InChI=1S/C17H22FN3O4S/c1-19(2)16(22)9-20-6-7-21(15-11-26(24,25)10-14(15)20)17(23)12-4-3-5-13(18)8-12/h3-5,8,14-15H,6-7,9-11H2,1-2H3/t14-,15+/m0/s1. The van der Waals surface area contributed by atoms with Gasteiger partial charge >= 0.3 is 0 Å². The molecule has 2 aliphatic rings. The van der Waals surface area contributed by atoms with Crippen molar-refractivity contribution in [3.63, 3.8) is 0 Å². The maximum atomic E-state index is 13.5. The van der Waals surface area contributed by atoms with Crippen LogP contribution in [-0.2, 0) is 14.6 Å². The molecule has 2 saturated heterocycles. The van der Waals surface area contributed by atoms with Crippen LogP contribution in [0.1, 0.15) is 10.4 Å². The monoisotopic (exact) mass is 383 g/mol. The molecule has 0 radical (unpaired) electrons. The lowest BCUT2D eigenvalue weighted by atomic mass is 10.0. The third kappa shape index (κ3) is 3.73. The third-order valence-corrected chi connectivity index (χ3v) is 6.66. The first-order chi connectivity index (χ1) is 12.2. The van der Waals surface area contributed by atoms with Gasteiger partial charge in [0.25, 0.3) is 5.91 Å². The van der Waals surface area contributed by atoms with Crippen LogP contribution in [0.15, 0.2) is 24.3 Å². The van der Waals surface area contributed by atoms with Gasteiger partial charge in [0.1, 0.15) is 5.82 Å². The van der Waals surface area contributed by atoms with E-state index in [-0.39, 0.29) is 35.4 Å². The lowest BCUT2D eigenvalue weighted by Gasteiger charge is -2.43. The lowest BCUT2D eigenvalue weighted by Crippen LogP contribution is -2.61. The molecular formula is C17H22FN3O4S. The van der Waals surface area contributed by atoms with E-state index in [0.717, 1.165) is 6.07 Å². The molecule has 1 aromatic carbocycles. The number of fused-ring (bicyclic) bond motifs is 1. The van der Waals surface area contributed by atoms with Gasteiger partial charge in [-0.25, -0.2) is 12.8 Å². The van der Waals surface area contributed by atoms with Gasteiger partial charge in [0.05, 0.1) is 24.1 Å². The first-order valence-electron chi connectivity index (χ1n) is 8.39. The quantitative estimate of drug-likeness (QED) is 0.725. The van der Waals surface area contributed by atoms with Crippen LogP contribution in [0.3, 0.4) is 0 Å². The second-order valence-corrected chi connectivity index (χ2v) is 9.13. The minimum absolute atomic E-state index is 0.0781. The number of hydrogen-bond donors (Lipinski definition) is 0. The summed E-state index contributed by atoms with van der Waals surface area (Å²) in [4.78, 5) is 29.7. The molecule has 2 heterocycles. The Morgan fingerprint density at radius 2 is 1.88 bits per heavy atom. The Kier molecular flexibility index (Phi) is 5.03. The minimum atomic E-state index is -3.31. The SMILES string of the molecule is CN(C)C(=O)CN1CCN(C(=O)c2cccc(F)c2)[C@@H]2CS(=O)(=O)C[C@@H]21. The number of rotatable bonds is 3. The minimum Gasteiger partial charge on any atom is -0.348 e. The van der Waals surface area contributed by atoms with Crippen LogP contribution in [0.2, 0.25) is 0 Å². The van der Waals surface area contributed by atoms with Crippen molar-refractivity contribution in [2.75, 3.05) is 45.2 Å². The molecule has 0 unspecified atom stereocenters. The van der Waals surface area contributed by atoms with E-state index in [2.05, 4.69) is 0 Å². The van der Waals surface area contributed by atoms with Crippen molar-refractivity contribution in [2.24, 2.45) is 0 Å². The topological polar surface area (TPSA) is 78.0 Å². The van der Waals surface area contributed by atoms with Crippen molar-refractivity contribution in [3.8, 4) is 0 Å². The van der Waals surface area contributed by atoms with Crippen LogP contribution in [0, 0.1) is 5.82 Å². The summed E-state index contributed by atoms with van der Waals surface area (Å²) < 4.78 is 37.9. The molecule has 0 N–H and O–H groups in total. The molecule has 142 valence electrons. The Balaban J connectivity index is 1.85. The van der Waals surface area contributed by atoms with Crippen molar-refractivity contribution in [2.45, 2.75) is 12.1 Å². The Bertz CT molecular complexity index is 827. The maximum Gasteiger partial charge on any atom is 0.254 e. The largest absolute Gasteiger partial charge is 0.348 e. The van der Waals surface area contributed by atoms with Crippen molar-refractivity contribution in [1.82, 2.24) is 14.7 Å². The summed E-state index contributed by atoms with van der Waals surface area (Å²) in [7, 11) is -0.0136. The Morgan fingerprint density at radius 3 is 2.54 bits per heavy atom. The van der Waals surface area contributed by atoms with Gasteiger partial charge in [-0.3, -0.25) is 14.5 Å². The average molecular weight is 383 g/mol. The molecule has 0 spiro atoms. The lowest BCUT2D eigenvalue weighted by molar-refractivity contribution is -0.131. The van der Waals surface area contributed by atoms with E-state index in [1.54, 1.807) is 14.1 Å². The molecular weight excluding hydrogens is 361 g/mol. The number of likely N-dealkylation sites (N-methyl/N-ethyl adjacent to an activating group) is 1. The van der Waals surface area contributed by atoms with Crippen LogP contribution in [0.4, 0.5) is 4.39 Å². The molecule has 26 heavy (non-hydrogen) atoms. The molecule has 0 saturated carbocycles. The highest BCUT2D eigenvalue weighted by Crippen LogP contribution is 2.28. The fourth-order valence-electron chi connectivity index (χ4n) is 3.58. The maximum absolute atomic E-state index is 13.5. The first kappa shape index (κ1) is 18.8. The summed E-state index contributed by atoms with van der Waals surface area (Å²) in [6, 6.07) is 4.44. The number of amides is 2. The Hall–Kier alpha value is -2.00. The van der Waals surface area contributed by atoms with Crippen molar-refractivity contribution >= 4 is 21.7 Å². The number of sulfone groups is 1. The van der Waals surface area contributed by atoms with E-state index >= 15 is 0 Å². The van der Waals surface area contributed by atoms with Crippen molar-refractivity contribution in [1.29, 1.82) is 0 Å². The Morgan fingerprint density at radius 1 is 1.19 bits per heavy atom. The van der Waals surface area contributed by atoms with Gasteiger partial charge < -0.3 is 9.80 Å². The molecule has 7 nitrogen and oxygen atoms in total. The van der Waals surface area contributed by atoms with E-state index in [4.69, 9.17) is 0 Å². The van der Waals surface area contributed by atoms with Crippen LogP contribution in [-0.4, -0.2) is 92.3 Å². The first-order valence-corrected chi connectivity index (χ1v) is 10.2. The van der Waals surface area contributed by atoms with E-state index < -0.39 is 27.7 Å². The summed E-state index contributed by atoms with van der Waals surface area (Å²) >= 11 is 0. The van der Waals surface area contributed by atoms with Gasteiger partial charge in [0.2, 0.25) is 5.91 Å². The van der Waals surface area contributed by atoms with E-state index in [0.29, 0.717) is 13.1 Å². The summed E-state index contributed by atoms with van der Waals surface area (Å²) in [6.07, 6.45) is 0. The second-order valence-electron chi connectivity index (χ2n) is 6.98. The number of halogens is 1. The summed E-state index contributed by atoms with van der Waals surface area (Å²) in [6.45, 7) is 0.815. The van der Waals surface area contributed by atoms with Crippen LogP contribution < -0.4 is 0 Å². The fraction of sp³-hybridized carbons (Fsp3) is 0.529. The van der Waals surface area contributed by atoms with Crippen molar-refractivity contribution in [3.05, 3.63) is 35.6 Å². The van der Waals surface area contributed by atoms with Crippen molar-refractivity contribution < 1.29 is 22.4 Å². The number of carbonyl (C=O) groups is 2. The summed E-state index contributed by atoms with van der Waals surface area (Å²) in [5, 5.41) is 0. The van der Waals surface area contributed by atoms with Crippen LogP contribution in [0.25, 0.3) is 0 Å². The van der Waals surface area contributed by atoms with Gasteiger partial charge in [-0.05, 0) is 18.2 Å². The summed E-state index contributed by atoms with van der Waals surface area (Å²) in [5.74, 6) is -1.22. The molecule has 0 aromatic heterocycles. The van der Waals surface area contributed by atoms with Gasteiger partial charge in [-0.1, -0.05) is 6.07 Å². The van der Waals surface area contributed by atoms with E-state index in [1.165, 1.54) is 28.0 Å². The van der Waals surface area contributed by atoms with E-state index in [9.17, 15) is 22.4 Å². The van der Waals surface area contributed by atoms with Gasteiger partial charge in [-0.2, -0.15) is 0 Å². The van der Waals surface area contributed by atoms with Crippen LogP contribution >= 0.6 is 0 Å². The highest BCUT2D eigenvalue weighted by Gasteiger charge is 2.48. The third-order valence-electron chi connectivity index (χ3n) is 4.96. The van der Waals surface area contributed by atoms with Gasteiger partial charge in [-0.15, -0.1) is 0 Å². The predicted molar refractivity (Wildman–Crippen MR) is 93.9 cm³/mol. The highest BCUT2D eigenvalue weighted by atomic mass is 32.2. The van der Waals surface area contributed by atoms with Gasteiger partial charge in [0, 0.05) is 38.8 Å². The fourth-order valence-corrected chi connectivity index (χ4v) is 5.59. The highest BCUT2D eigenvalue weighted by molar-refractivity contribution is 7.91. The average Bonchev–Trinajstić information content (AvgIpc) is 2.89. The zero-order chi connectivity index (χ0) is 19.1. The molecule has 3 rings (SSSR count). The summed E-state index contributed by atoms with van der Waals surface area (Å²) in [5.41, 5.74) is 0.200. The normalized spacial score (nSPS) is 25.0. The number of benzene rings is 1. The molecule has 2 atom stereocenters. The zero-order valence-electron chi connectivity index (χ0n) is 14.8. The Labute approximate surface area is 152 Å². The molecule has 9 heteroatoms. The molecule has 2 aliphatic heterocycles. The second kappa shape index (κ2) is 6.96. The van der Waals surface area contributed by atoms with E-state index in [1.807, 2.05) is 4.90 Å². The molecule has 1 aromatic rings. The predicted octanol–water partition coefficient (Wildman–Crippen LogP) is -0.163. The number of piperazine rings is 1. The molecule has 2 fully saturated rings. The number of nitrogens with zero attached hydrogens (tertiary/aromatic N) is 3. The van der Waals surface area contributed by atoms with Gasteiger partial charge in [0.15, 0.2) is 9.84 Å². The van der Waals surface area contributed by atoms with Crippen LogP contribution in [0.5, 0.6) is 0 Å².